The molecule has 162 valence electrons. The summed E-state index contributed by atoms with van der Waals surface area (Å²) >= 11 is 0. The minimum atomic E-state index is -0.297. The van der Waals surface area contributed by atoms with E-state index in [1.54, 1.807) is 0 Å². The van der Waals surface area contributed by atoms with Gasteiger partial charge >= 0.3 is 17.9 Å². The molecule has 0 amide bonds. The van der Waals surface area contributed by atoms with Gasteiger partial charge in [0.2, 0.25) is 0 Å². The van der Waals surface area contributed by atoms with E-state index >= 15 is 0 Å². The summed E-state index contributed by atoms with van der Waals surface area (Å²) in [7, 11) is 0. The normalized spacial score (nSPS) is 55.8. The highest BCUT2D eigenvalue weighted by molar-refractivity contribution is 5.80. The molecular weight excluding hydrogens is 384 g/mol. The number of hydrogen-bond acceptors (Lipinski definition) is 6. The molecule has 1 spiro atoms. The molecule has 0 aromatic heterocycles. The van der Waals surface area contributed by atoms with E-state index in [9.17, 15) is 14.4 Å². The van der Waals surface area contributed by atoms with Gasteiger partial charge < -0.3 is 14.2 Å². The van der Waals surface area contributed by atoms with Crippen LogP contribution in [0.5, 0.6) is 0 Å². The van der Waals surface area contributed by atoms with Gasteiger partial charge in [-0.1, -0.05) is 0 Å². The summed E-state index contributed by atoms with van der Waals surface area (Å²) in [5, 5.41) is 0. The maximum absolute atomic E-state index is 13.1. The molecule has 3 aliphatic heterocycles. The summed E-state index contributed by atoms with van der Waals surface area (Å²) in [4.78, 5) is 37.5. The Morgan fingerprint density at radius 1 is 0.933 bits per heavy atom. The van der Waals surface area contributed by atoms with Gasteiger partial charge in [-0.15, -0.1) is 0 Å². The second kappa shape index (κ2) is 6.01. The molecule has 7 rings (SSSR count). The number of rotatable bonds is 2. The lowest BCUT2D eigenvalue weighted by Crippen LogP contribution is -2.45. The number of carbonyl (C=O) groups excluding carboxylic acids is 3. The van der Waals surface area contributed by atoms with Crippen molar-refractivity contribution in [3.63, 3.8) is 0 Å². The van der Waals surface area contributed by atoms with Crippen LogP contribution >= 0.6 is 0 Å². The third-order valence-corrected chi connectivity index (χ3v) is 10.3. The smallest absolute Gasteiger partial charge is 0.312 e. The minimum absolute atomic E-state index is 0.00642. The molecular formula is C24H30O6. The summed E-state index contributed by atoms with van der Waals surface area (Å²) in [5.41, 5.74) is -0.297. The van der Waals surface area contributed by atoms with Gasteiger partial charge in [-0.25, -0.2) is 0 Å². The Balaban J connectivity index is 1.14. The zero-order chi connectivity index (χ0) is 20.2. The van der Waals surface area contributed by atoms with Crippen LogP contribution in [-0.2, 0) is 28.6 Å². The number of cyclic esters (lactones) is 3. The average Bonchev–Trinajstić information content (AvgIpc) is 3.54. The van der Waals surface area contributed by atoms with Crippen LogP contribution in [0.2, 0.25) is 0 Å². The molecule has 4 saturated carbocycles. The van der Waals surface area contributed by atoms with Crippen LogP contribution in [0.4, 0.5) is 0 Å². The van der Waals surface area contributed by atoms with Crippen LogP contribution in [0, 0.1) is 52.8 Å². The van der Waals surface area contributed by atoms with Gasteiger partial charge in [0, 0.05) is 18.3 Å². The summed E-state index contributed by atoms with van der Waals surface area (Å²) < 4.78 is 17.3. The van der Waals surface area contributed by atoms with Crippen molar-refractivity contribution >= 4 is 17.9 Å². The molecule has 6 heteroatoms. The highest BCUT2D eigenvalue weighted by Gasteiger charge is 2.69. The van der Waals surface area contributed by atoms with E-state index in [4.69, 9.17) is 14.2 Å². The third kappa shape index (κ3) is 2.18. The second-order valence-electron chi connectivity index (χ2n) is 11.3. The number of ether oxygens (including phenoxy) is 3. The van der Waals surface area contributed by atoms with Crippen molar-refractivity contribution in [3.8, 4) is 0 Å². The van der Waals surface area contributed by atoms with Crippen molar-refractivity contribution in [2.75, 3.05) is 6.61 Å². The van der Waals surface area contributed by atoms with Gasteiger partial charge in [0.1, 0.15) is 12.2 Å². The lowest BCUT2D eigenvalue weighted by atomic mass is 9.62. The molecule has 0 aromatic carbocycles. The molecule has 4 aliphatic carbocycles. The predicted molar refractivity (Wildman–Crippen MR) is 103 cm³/mol. The number of esters is 3. The van der Waals surface area contributed by atoms with Crippen molar-refractivity contribution in [1.29, 1.82) is 0 Å². The van der Waals surface area contributed by atoms with Crippen molar-refractivity contribution in [2.24, 2.45) is 52.8 Å². The summed E-state index contributed by atoms with van der Waals surface area (Å²) in [6.07, 6.45) is 8.50. The SMILES string of the molecule is O=C1CCCC(C2CC3CC2C2C(=O)OC(C4CC5CC4C4(CCOC4=O)C5)C32)O1. The van der Waals surface area contributed by atoms with E-state index in [0.717, 1.165) is 51.4 Å². The van der Waals surface area contributed by atoms with Crippen LogP contribution in [0.25, 0.3) is 0 Å². The van der Waals surface area contributed by atoms with E-state index in [-0.39, 0.29) is 41.4 Å². The zero-order valence-corrected chi connectivity index (χ0v) is 17.3. The summed E-state index contributed by atoms with van der Waals surface area (Å²) in [6, 6.07) is 0. The number of fused-ring (bicyclic) bond motifs is 8. The van der Waals surface area contributed by atoms with Crippen LogP contribution < -0.4 is 0 Å². The molecule has 11 unspecified atom stereocenters. The molecule has 30 heavy (non-hydrogen) atoms. The molecule has 6 nitrogen and oxygen atoms in total. The zero-order valence-electron chi connectivity index (χ0n) is 17.3. The van der Waals surface area contributed by atoms with Crippen LogP contribution in [0.1, 0.15) is 57.8 Å². The second-order valence-corrected chi connectivity index (χ2v) is 11.3. The van der Waals surface area contributed by atoms with E-state index < -0.39 is 0 Å². The maximum Gasteiger partial charge on any atom is 0.312 e. The van der Waals surface area contributed by atoms with Gasteiger partial charge in [0.15, 0.2) is 0 Å². The maximum atomic E-state index is 13.1. The Hall–Kier alpha value is -1.59. The molecule has 3 saturated heterocycles. The first kappa shape index (κ1) is 18.0. The monoisotopic (exact) mass is 414 g/mol. The Kier molecular flexibility index (Phi) is 3.61. The van der Waals surface area contributed by atoms with Gasteiger partial charge in [-0.2, -0.15) is 0 Å². The van der Waals surface area contributed by atoms with E-state index in [2.05, 4.69) is 0 Å². The lowest BCUT2D eigenvalue weighted by molar-refractivity contribution is -0.159. The van der Waals surface area contributed by atoms with E-state index in [0.29, 0.717) is 54.5 Å². The molecule has 7 aliphatic rings. The standard InChI is InChI=1S/C24H30O6/c25-18-3-1-2-17(29-18)13-8-12-9-14(13)20-19(12)21(30-22(20)26)15-6-11-7-16(15)24(10-11)4-5-28-23(24)27/h11-17,19-21H,1-10H2. The minimum Gasteiger partial charge on any atom is -0.465 e. The van der Waals surface area contributed by atoms with Crippen LogP contribution in [0.3, 0.4) is 0 Å². The Morgan fingerprint density at radius 3 is 2.57 bits per heavy atom. The van der Waals surface area contributed by atoms with E-state index in [1.165, 1.54) is 0 Å². The molecule has 0 radical (unpaired) electrons. The predicted octanol–water partition coefficient (Wildman–Crippen LogP) is 2.88. The fourth-order valence-electron chi connectivity index (χ4n) is 9.49. The quantitative estimate of drug-likeness (QED) is 0.511. The first-order valence-electron chi connectivity index (χ1n) is 12.1. The topological polar surface area (TPSA) is 78.9 Å². The van der Waals surface area contributed by atoms with Crippen molar-refractivity contribution in [2.45, 2.75) is 70.0 Å². The molecule has 4 bridgehead atoms. The molecule has 7 fully saturated rings. The van der Waals surface area contributed by atoms with E-state index in [1.807, 2.05) is 0 Å². The van der Waals surface area contributed by atoms with Crippen molar-refractivity contribution < 1.29 is 28.6 Å². The fourth-order valence-corrected chi connectivity index (χ4v) is 9.49. The van der Waals surface area contributed by atoms with Crippen molar-refractivity contribution in [3.05, 3.63) is 0 Å². The average molecular weight is 414 g/mol. The molecule has 0 N–H and O–H groups in total. The molecule has 11 atom stereocenters. The van der Waals surface area contributed by atoms with Gasteiger partial charge in [-0.3, -0.25) is 14.4 Å². The Labute approximate surface area is 176 Å². The van der Waals surface area contributed by atoms with Crippen molar-refractivity contribution in [1.82, 2.24) is 0 Å². The Bertz CT molecular complexity index is 823. The van der Waals surface area contributed by atoms with Gasteiger partial charge in [0.05, 0.1) is 17.9 Å². The Morgan fingerprint density at radius 2 is 1.80 bits per heavy atom. The lowest BCUT2D eigenvalue weighted by Gasteiger charge is -2.41. The largest absolute Gasteiger partial charge is 0.465 e. The first-order valence-corrected chi connectivity index (χ1v) is 12.1. The van der Waals surface area contributed by atoms with Gasteiger partial charge in [0.25, 0.3) is 0 Å². The molecule has 0 aromatic rings. The number of hydrogen-bond donors (Lipinski definition) is 0. The summed E-state index contributed by atoms with van der Waals surface area (Å²) in [5.74, 6) is 2.53. The number of carbonyl (C=O) groups is 3. The highest BCUT2D eigenvalue weighted by atomic mass is 16.6. The fraction of sp³-hybridized carbons (Fsp3) is 0.875. The van der Waals surface area contributed by atoms with Crippen LogP contribution in [0.15, 0.2) is 0 Å². The molecule has 3 heterocycles. The van der Waals surface area contributed by atoms with Gasteiger partial charge in [-0.05, 0) is 81.0 Å². The third-order valence-electron chi connectivity index (χ3n) is 10.3. The first-order chi connectivity index (χ1) is 14.5. The van der Waals surface area contributed by atoms with Crippen LogP contribution in [-0.4, -0.2) is 36.7 Å². The highest BCUT2D eigenvalue weighted by Crippen LogP contribution is 2.68. The summed E-state index contributed by atoms with van der Waals surface area (Å²) in [6.45, 7) is 0.553.